The number of halogens is 1. The van der Waals surface area contributed by atoms with Crippen molar-refractivity contribution in [3.63, 3.8) is 0 Å². The Labute approximate surface area is 111 Å². The van der Waals surface area contributed by atoms with E-state index < -0.39 is 0 Å². The lowest BCUT2D eigenvalue weighted by Crippen LogP contribution is -1.80. The molecule has 1 aromatic carbocycles. The van der Waals surface area contributed by atoms with E-state index in [0.29, 0.717) is 16.4 Å². The average molecular weight is 279 g/mol. The van der Waals surface area contributed by atoms with E-state index in [4.69, 9.17) is 16.1 Å². The number of aromatic nitrogens is 2. The Kier molecular flexibility index (Phi) is 2.77. The molecule has 3 aromatic rings. The Morgan fingerprint density at radius 1 is 1.28 bits per heavy atom. The van der Waals surface area contributed by atoms with Crippen LogP contribution in [0, 0.1) is 0 Å². The summed E-state index contributed by atoms with van der Waals surface area (Å²) in [7, 11) is 0. The first-order valence-electron chi connectivity index (χ1n) is 5.10. The molecular formula is C12H7ClN2O2S. The predicted molar refractivity (Wildman–Crippen MR) is 69.7 cm³/mol. The highest BCUT2D eigenvalue weighted by Crippen LogP contribution is 2.32. The van der Waals surface area contributed by atoms with Crippen LogP contribution in [-0.2, 0) is 0 Å². The quantitative estimate of drug-likeness (QED) is 0.774. The maximum Gasteiger partial charge on any atom is 0.262 e. The van der Waals surface area contributed by atoms with Crippen LogP contribution in [0.5, 0.6) is 5.75 Å². The predicted octanol–water partition coefficient (Wildman–Crippen LogP) is 3.82. The molecule has 0 amide bonds. The van der Waals surface area contributed by atoms with Crippen molar-refractivity contribution >= 4 is 22.9 Å². The highest BCUT2D eigenvalue weighted by molar-refractivity contribution is 7.13. The minimum atomic E-state index is 0.0563. The van der Waals surface area contributed by atoms with Gasteiger partial charge in [-0.1, -0.05) is 22.8 Å². The van der Waals surface area contributed by atoms with Gasteiger partial charge in [0, 0.05) is 5.02 Å². The Morgan fingerprint density at radius 3 is 2.94 bits per heavy atom. The molecule has 0 aliphatic rings. The fourth-order valence-corrected chi connectivity index (χ4v) is 2.34. The third-order valence-corrected chi connectivity index (χ3v) is 3.46. The molecule has 4 nitrogen and oxygen atoms in total. The molecule has 0 atom stereocenters. The van der Waals surface area contributed by atoms with E-state index in [1.807, 2.05) is 17.5 Å². The normalized spacial score (nSPS) is 10.7. The van der Waals surface area contributed by atoms with Crippen molar-refractivity contribution < 1.29 is 9.63 Å². The molecule has 0 aliphatic heterocycles. The molecule has 0 bridgehead atoms. The number of nitrogens with zero attached hydrogens (tertiary/aromatic N) is 2. The fraction of sp³-hybridized carbons (Fsp3) is 0. The molecule has 3 rings (SSSR count). The Balaban J connectivity index is 2.05. The number of thiophene rings is 1. The van der Waals surface area contributed by atoms with Crippen LogP contribution in [0.1, 0.15) is 0 Å². The zero-order chi connectivity index (χ0) is 12.5. The van der Waals surface area contributed by atoms with Crippen LogP contribution in [-0.4, -0.2) is 15.2 Å². The lowest BCUT2D eigenvalue weighted by Gasteiger charge is -1.98. The molecule has 0 fully saturated rings. The molecule has 0 spiro atoms. The van der Waals surface area contributed by atoms with E-state index in [-0.39, 0.29) is 11.6 Å². The van der Waals surface area contributed by atoms with Gasteiger partial charge in [0.1, 0.15) is 5.75 Å². The highest BCUT2D eigenvalue weighted by Gasteiger charge is 2.14. The van der Waals surface area contributed by atoms with Crippen LogP contribution in [0.2, 0.25) is 5.02 Å². The highest BCUT2D eigenvalue weighted by atomic mass is 35.5. The summed E-state index contributed by atoms with van der Waals surface area (Å²) < 4.78 is 5.14. The molecule has 0 aliphatic carbocycles. The molecule has 90 valence electrons. The summed E-state index contributed by atoms with van der Waals surface area (Å²) >= 11 is 7.39. The molecule has 2 aromatic heterocycles. The molecule has 0 unspecified atom stereocenters. The Hall–Kier alpha value is -1.85. The number of hydrogen-bond acceptors (Lipinski definition) is 5. The first-order valence-corrected chi connectivity index (χ1v) is 6.36. The van der Waals surface area contributed by atoms with Gasteiger partial charge in [0.15, 0.2) is 0 Å². The third kappa shape index (κ3) is 1.98. The van der Waals surface area contributed by atoms with Gasteiger partial charge in [0.05, 0.1) is 10.4 Å². The molecule has 0 saturated heterocycles. The summed E-state index contributed by atoms with van der Waals surface area (Å²) in [4.78, 5) is 5.15. The van der Waals surface area contributed by atoms with Gasteiger partial charge in [-0.25, -0.2) is 0 Å². The van der Waals surface area contributed by atoms with Gasteiger partial charge in [-0.2, -0.15) is 4.98 Å². The summed E-state index contributed by atoms with van der Waals surface area (Å²) in [6.45, 7) is 0. The van der Waals surface area contributed by atoms with Crippen molar-refractivity contribution in [3.05, 3.63) is 40.7 Å². The minimum absolute atomic E-state index is 0.0563. The number of benzene rings is 1. The monoisotopic (exact) mass is 278 g/mol. The van der Waals surface area contributed by atoms with Crippen molar-refractivity contribution in [3.8, 4) is 27.9 Å². The Morgan fingerprint density at radius 2 is 2.17 bits per heavy atom. The van der Waals surface area contributed by atoms with Crippen molar-refractivity contribution in [1.29, 1.82) is 0 Å². The first-order chi connectivity index (χ1) is 8.74. The molecule has 2 heterocycles. The number of rotatable bonds is 2. The second-order valence-electron chi connectivity index (χ2n) is 3.56. The minimum Gasteiger partial charge on any atom is -0.507 e. The molecule has 6 heteroatoms. The SMILES string of the molecule is Oc1ccc(Cl)cc1-c1nc(-c2cccs2)no1. The van der Waals surface area contributed by atoms with Gasteiger partial charge in [-0.05, 0) is 29.6 Å². The zero-order valence-electron chi connectivity index (χ0n) is 9.00. The van der Waals surface area contributed by atoms with Crippen LogP contribution in [0.15, 0.2) is 40.2 Å². The smallest absolute Gasteiger partial charge is 0.262 e. The van der Waals surface area contributed by atoms with Crippen LogP contribution < -0.4 is 0 Å². The van der Waals surface area contributed by atoms with E-state index in [0.717, 1.165) is 4.88 Å². The molecule has 0 radical (unpaired) electrons. The summed E-state index contributed by atoms with van der Waals surface area (Å²) in [5.74, 6) is 0.804. The van der Waals surface area contributed by atoms with Gasteiger partial charge < -0.3 is 9.63 Å². The standard InChI is InChI=1S/C12H7ClN2O2S/c13-7-3-4-9(16)8(6-7)12-14-11(15-17-12)10-2-1-5-18-10/h1-6,16H. The van der Waals surface area contributed by atoms with E-state index >= 15 is 0 Å². The van der Waals surface area contributed by atoms with Gasteiger partial charge in [0.25, 0.3) is 5.89 Å². The molecule has 1 N–H and O–H groups in total. The van der Waals surface area contributed by atoms with Crippen molar-refractivity contribution in [2.45, 2.75) is 0 Å². The van der Waals surface area contributed by atoms with E-state index in [1.165, 1.54) is 17.4 Å². The largest absolute Gasteiger partial charge is 0.507 e. The summed E-state index contributed by atoms with van der Waals surface area (Å²) in [6.07, 6.45) is 0. The number of phenols is 1. The molecule has 18 heavy (non-hydrogen) atoms. The second-order valence-corrected chi connectivity index (χ2v) is 4.95. The van der Waals surface area contributed by atoms with Gasteiger partial charge in [-0.3, -0.25) is 0 Å². The van der Waals surface area contributed by atoms with Gasteiger partial charge in [0.2, 0.25) is 5.82 Å². The lowest BCUT2D eigenvalue weighted by molar-refractivity contribution is 0.426. The number of phenolic OH excluding ortho intramolecular Hbond substituents is 1. The molecule has 0 saturated carbocycles. The first kappa shape index (κ1) is 11.3. The number of aromatic hydroxyl groups is 1. The summed E-state index contributed by atoms with van der Waals surface area (Å²) in [5.41, 5.74) is 0.429. The van der Waals surface area contributed by atoms with Crippen LogP contribution in [0.25, 0.3) is 22.2 Å². The van der Waals surface area contributed by atoms with Crippen LogP contribution in [0.4, 0.5) is 0 Å². The lowest BCUT2D eigenvalue weighted by atomic mass is 10.2. The fourth-order valence-electron chi connectivity index (χ4n) is 1.52. The Bertz CT molecular complexity index is 679. The maximum absolute atomic E-state index is 9.74. The van der Waals surface area contributed by atoms with E-state index in [2.05, 4.69) is 10.1 Å². The van der Waals surface area contributed by atoms with E-state index in [9.17, 15) is 5.11 Å². The summed E-state index contributed by atoms with van der Waals surface area (Å²) in [6, 6.07) is 8.48. The van der Waals surface area contributed by atoms with Crippen LogP contribution >= 0.6 is 22.9 Å². The maximum atomic E-state index is 9.74. The summed E-state index contributed by atoms with van der Waals surface area (Å²) in [5, 5.41) is 16.1. The van der Waals surface area contributed by atoms with E-state index in [1.54, 1.807) is 12.1 Å². The zero-order valence-corrected chi connectivity index (χ0v) is 10.6. The van der Waals surface area contributed by atoms with Gasteiger partial charge >= 0.3 is 0 Å². The van der Waals surface area contributed by atoms with Crippen molar-refractivity contribution in [1.82, 2.24) is 10.1 Å². The number of hydrogen-bond donors (Lipinski definition) is 1. The van der Waals surface area contributed by atoms with Crippen molar-refractivity contribution in [2.75, 3.05) is 0 Å². The molecular weight excluding hydrogens is 272 g/mol. The second kappa shape index (κ2) is 4.44. The van der Waals surface area contributed by atoms with Gasteiger partial charge in [-0.15, -0.1) is 11.3 Å². The van der Waals surface area contributed by atoms with Crippen molar-refractivity contribution in [2.24, 2.45) is 0 Å². The average Bonchev–Trinajstić information content (AvgIpc) is 3.00. The topological polar surface area (TPSA) is 59.2 Å². The van der Waals surface area contributed by atoms with Crippen LogP contribution in [0.3, 0.4) is 0 Å². The third-order valence-electron chi connectivity index (χ3n) is 2.36.